The van der Waals surface area contributed by atoms with Crippen LogP contribution < -0.4 is 4.90 Å². The van der Waals surface area contributed by atoms with Gasteiger partial charge in [-0.05, 0) is 36.0 Å². The van der Waals surface area contributed by atoms with Crippen LogP contribution in [-0.2, 0) is 9.47 Å². The Morgan fingerprint density at radius 3 is 2.42 bits per heavy atom. The zero-order valence-electron chi connectivity index (χ0n) is 14.6. The molecule has 1 fully saturated rings. The smallest absolute Gasteiger partial charge is 0.189 e. The highest BCUT2D eigenvalue weighted by Crippen LogP contribution is 2.39. The molecule has 142 valence electrons. The largest absolute Gasteiger partial charge is 0.351 e. The van der Waals surface area contributed by atoms with Crippen molar-refractivity contribution < 1.29 is 18.3 Å². The fourth-order valence-corrected chi connectivity index (χ4v) is 3.52. The van der Waals surface area contributed by atoms with Crippen LogP contribution in [0.4, 0.5) is 14.6 Å². The van der Waals surface area contributed by atoms with Crippen LogP contribution >= 0.6 is 39.3 Å². The third-order valence-electron chi connectivity index (χ3n) is 4.19. The number of halogens is 4. The van der Waals surface area contributed by atoms with E-state index in [4.69, 9.17) is 21.1 Å². The molecule has 2 heterocycles. The molecule has 0 aliphatic carbocycles. The van der Waals surface area contributed by atoms with E-state index >= 15 is 0 Å². The van der Waals surface area contributed by atoms with Gasteiger partial charge in [0.25, 0.3) is 0 Å². The van der Waals surface area contributed by atoms with Gasteiger partial charge in [0.05, 0.1) is 34.1 Å². The number of benzene rings is 1. The summed E-state index contributed by atoms with van der Waals surface area (Å²) in [5, 5.41) is -0.0897. The molecule has 26 heavy (non-hydrogen) atoms. The second-order valence-electron chi connectivity index (χ2n) is 6.30. The van der Waals surface area contributed by atoms with Gasteiger partial charge in [0, 0.05) is 7.05 Å². The highest BCUT2D eigenvalue weighted by molar-refractivity contribution is 9.10. The summed E-state index contributed by atoms with van der Waals surface area (Å²) in [6.45, 7) is 4.36. The minimum atomic E-state index is -0.776. The lowest BCUT2D eigenvalue weighted by Crippen LogP contribution is -2.49. The van der Waals surface area contributed by atoms with Gasteiger partial charge in [-0.2, -0.15) is 0 Å². The lowest BCUT2D eigenvalue weighted by molar-refractivity contribution is -0.249. The molecular weight excluding hydrogens is 452 g/mol. The molecule has 0 bridgehead atoms. The molecule has 1 aromatic carbocycles. The molecular formula is C16H17BrClF2N3O2S. The molecule has 0 atom stereocenters. The summed E-state index contributed by atoms with van der Waals surface area (Å²) < 4.78 is 40.7. The molecule has 0 spiro atoms. The third-order valence-corrected chi connectivity index (χ3v) is 6.06. The second-order valence-corrected chi connectivity index (χ2v) is 8.24. The van der Waals surface area contributed by atoms with Crippen molar-refractivity contribution in [3.8, 4) is 0 Å². The topological polar surface area (TPSA) is 47.5 Å². The minimum Gasteiger partial charge on any atom is -0.351 e. The molecule has 3 rings (SSSR count). The lowest BCUT2D eigenvalue weighted by atomic mass is 10.1. The number of aromatic nitrogens is 2. The summed E-state index contributed by atoms with van der Waals surface area (Å²) in [5.74, 6) is -1.94. The molecule has 1 aliphatic heterocycles. The van der Waals surface area contributed by atoms with Crippen molar-refractivity contribution in [1.82, 2.24) is 9.97 Å². The van der Waals surface area contributed by atoms with E-state index in [9.17, 15) is 8.78 Å². The first-order chi connectivity index (χ1) is 12.2. The van der Waals surface area contributed by atoms with Gasteiger partial charge in [0.2, 0.25) is 0 Å². The summed E-state index contributed by atoms with van der Waals surface area (Å²) in [4.78, 5) is 10.2. The highest BCUT2D eigenvalue weighted by Gasteiger charge is 2.33. The maximum Gasteiger partial charge on any atom is 0.189 e. The van der Waals surface area contributed by atoms with Crippen LogP contribution in [0.2, 0.25) is 5.02 Å². The molecule has 0 N–H and O–H groups in total. The monoisotopic (exact) mass is 467 g/mol. The predicted molar refractivity (Wildman–Crippen MR) is 102 cm³/mol. The second kappa shape index (κ2) is 7.35. The van der Waals surface area contributed by atoms with E-state index in [0.29, 0.717) is 18.4 Å². The van der Waals surface area contributed by atoms with Crippen molar-refractivity contribution in [3.63, 3.8) is 0 Å². The quantitative estimate of drug-likeness (QED) is 0.283. The Balaban J connectivity index is 2.15. The Hall–Kier alpha value is -0.740. The summed E-state index contributed by atoms with van der Waals surface area (Å²) in [7, 11) is 1.73. The summed E-state index contributed by atoms with van der Waals surface area (Å²) in [6, 6.07) is -0.222. The normalized spacial score (nSPS) is 17.7. The Bertz CT molecular complexity index is 861. The number of nitrogens with zero attached hydrogens (tertiary/aromatic N) is 3. The van der Waals surface area contributed by atoms with Gasteiger partial charge in [0.15, 0.2) is 22.6 Å². The molecule has 1 aliphatic rings. The number of likely N-dealkylation sites (N-methyl/N-ethyl adjacent to an activating group) is 1. The van der Waals surface area contributed by atoms with Crippen molar-refractivity contribution in [2.24, 2.45) is 0 Å². The number of ether oxygens (including phenoxy) is 2. The maximum absolute atomic E-state index is 14.9. The van der Waals surface area contributed by atoms with Crippen molar-refractivity contribution >= 4 is 56.0 Å². The van der Waals surface area contributed by atoms with Crippen molar-refractivity contribution in [1.29, 1.82) is 0 Å². The molecule has 0 radical (unpaired) electrons. The Morgan fingerprint density at radius 2 is 1.85 bits per heavy atom. The van der Waals surface area contributed by atoms with E-state index < -0.39 is 17.4 Å². The van der Waals surface area contributed by atoms with Crippen molar-refractivity contribution in [3.05, 3.63) is 21.1 Å². The third kappa shape index (κ3) is 3.52. The highest BCUT2D eigenvalue weighted by atomic mass is 79.9. The van der Waals surface area contributed by atoms with Gasteiger partial charge < -0.3 is 14.4 Å². The molecule has 10 heteroatoms. The van der Waals surface area contributed by atoms with Crippen LogP contribution in [0, 0.1) is 11.6 Å². The SMILES string of the molecule is CSc1nc(N(C)C2COC(C)(C)OC2)c2c(F)c(Cl)c(Br)c(F)c2n1. The van der Waals surface area contributed by atoms with E-state index in [-0.39, 0.29) is 32.3 Å². The van der Waals surface area contributed by atoms with E-state index in [1.54, 1.807) is 18.2 Å². The average Bonchev–Trinajstić information content (AvgIpc) is 2.62. The summed E-state index contributed by atoms with van der Waals surface area (Å²) >= 11 is 10.2. The Kier molecular flexibility index (Phi) is 5.66. The van der Waals surface area contributed by atoms with Crippen molar-refractivity contribution in [2.75, 3.05) is 31.4 Å². The van der Waals surface area contributed by atoms with Gasteiger partial charge in [0.1, 0.15) is 11.3 Å². The number of fused-ring (bicyclic) bond motifs is 1. The zero-order chi connectivity index (χ0) is 19.2. The van der Waals surface area contributed by atoms with Gasteiger partial charge in [-0.3, -0.25) is 0 Å². The first-order valence-electron chi connectivity index (χ1n) is 7.74. The maximum atomic E-state index is 14.9. The zero-order valence-corrected chi connectivity index (χ0v) is 17.7. The predicted octanol–water partition coefficient (Wildman–Crippen LogP) is 4.63. The van der Waals surface area contributed by atoms with Crippen LogP contribution in [0.15, 0.2) is 9.63 Å². The molecule has 5 nitrogen and oxygen atoms in total. The van der Waals surface area contributed by atoms with E-state index in [2.05, 4.69) is 25.9 Å². The standard InChI is InChI=1S/C16H17BrClF2N3O2S/c1-16(2)24-5-7(6-25-16)23(3)14-8-11(19)10(18)9(17)12(20)13(8)21-15(22-14)26-4/h7H,5-6H2,1-4H3. The average molecular weight is 469 g/mol. The number of rotatable bonds is 3. The van der Waals surface area contributed by atoms with Gasteiger partial charge in [-0.15, -0.1) is 0 Å². The van der Waals surface area contributed by atoms with Gasteiger partial charge in [-0.25, -0.2) is 18.7 Å². The molecule has 0 saturated carbocycles. The Labute approximate surface area is 167 Å². The van der Waals surface area contributed by atoms with Gasteiger partial charge >= 0.3 is 0 Å². The van der Waals surface area contributed by atoms with E-state index in [1.807, 2.05) is 13.8 Å². The van der Waals surface area contributed by atoms with Crippen LogP contribution in [0.5, 0.6) is 0 Å². The molecule has 2 aromatic rings. The number of hydrogen-bond acceptors (Lipinski definition) is 6. The molecule has 0 unspecified atom stereocenters. The van der Waals surface area contributed by atoms with E-state index in [0.717, 1.165) is 0 Å². The van der Waals surface area contributed by atoms with Gasteiger partial charge in [-0.1, -0.05) is 23.4 Å². The van der Waals surface area contributed by atoms with E-state index in [1.165, 1.54) is 11.8 Å². The lowest BCUT2D eigenvalue weighted by Gasteiger charge is -2.39. The number of hydrogen-bond donors (Lipinski definition) is 0. The first kappa shape index (κ1) is 20.0. The van der Waals surface area contributed by atoms with Crippen LogP contribution in [0.25, 0.3) is 10.9 Å². The summed E-state index contributed by atoms with van der Waals surface area (Å²) in [5.41, 5.74) is -0.127. The molecule has 0 amide bonds. The molecule has 1 aromatic heterocycles. The number of thioether (sulfide) groups is 1. The first-order valence-corrected chi connectivity index (χ1v) is 10.1. The minimum absolute atomic E-state index is 0.0687. The van der Waals surface area contributed by atoms with Crippen LogP contribution in [0.1, 0.15) is 13.8 Å². The fourth-order valence-electron chi connectivity index (χ4n) is 2.62. The van der Waals surface area contributed by atoms with Crippen LogP contribution in [0.3, 0.4) is 0 Å². The fraction of sp³-hybridized carbons (Fsp3) is 0.500. The number of anilines is 1. The summed E-state index contributed by atoms with van der Waals surface area (Å²) in [6.07, 6.45) is 1.76. The Morgan fingerprint density at radius 1 is 1.23 bits per heavy atom. The van der Waals surface area contributed by atoms with Crippen molar-refractivity contribution in [2.45, 2.75) is 30.8 Å². The van der Waals surface area contributed by atoms with Crippen LogP contribution in [-0.4, -0.2) is 48.3 Å². The molecule has 1 saturated heterocycles.